The maximum Gasteiger partial charge on any atom is 0.122 e. The highest BCUT2D eigenvalue weighted by Gasteiger charge is 2.13. The van der Waals surface area contributed by atoms with Crippen molar-refractivity contribution in [2.45, 2.75) is 12.5 Å². The minimum absolute atomic E-state index is 0.180. The van der Waals surface area contributed by atoms with Gasteiger partial charge in [0.05, 0.1) is 7.11 Å². The van der Waals surface area contributed by atoms with Crippen molar-refractivity contribution in [1.29, 1.82) is 0 Å². The molecule has 106 valence electrons. The molecule has 2 nitrogen and oxygen atoms in total. The zero-order valence-corrected chi connectivity index (χ0v) is 13.0. The highest BCUT2D eigenvalue weighted by molar-refractivity contribution is 6.30. The molecule has 0 spiro atoms. The molecule has 0 aliphatic carbocycles. The fraction of sp³-hybridized carbons (Fsp3) is 0.250. The second kappa shape index (κ2) is 6.98. The maximum absolute atomic E-state index is 6.07. The fourth-order valence-electron chi connectivity index (χ4n) is 2.21. The number of hydrogen-bond donors (Lipinski definition) is 1. The fourth-order valence-corrected chi connectivity index (χ4v) is 2.53. The van der Waals surface area contributed by atoms with E-state index in [4.69, 9.17) is 27.9 Å². The van der Waals surface area contributed by atoms with Gasteiger partial charge in [-0.05, 0) is 54.9 Å². The molecule has 0 aliphatic rings. The van der Waals surface area contributed by atoms with Crippen molar-refractivity contribution in [3.63, 3.8) is 0 Å². The topological polar surface area (TPSA) is 21.3 Å². The van der Waals surface area contributed by atoms with E-state index >= 15 is 0 Å². The molecule has 0 saturated heterocycles. The van der Waals surface area contributed by atoms with Gasteiger partial charge in [0.2, 0.25) is 0 Å². The molecule has 1 unspecified atom stereocenters. The number of halogens is 2. The van der Waals surface area contributed by atoms with Gasteiger partial charge in [0, 0.05) is 16.1 Å². The van der Waals surface area contributed by atoms with Crippen LogP contribution < -0.4 is 10.1 Å². The molecule has 0 heterocycles. The molecular weight excluding hydrogens is 293 g/mol. The first-order valence-electron chi connectivity index (χ1n) is 6.39. The van der Waals surface area contributed by atoms with E-state index in [2.05, 4.69) is 5.32 Å². The van der Waals surface area contributed by atoms with Gasteiger partial charge in [-0.25, -0.2) is 0 Å². The lowest BCUT2D eigenvalue weighted by molar-refractivity contribution is 0.406. The van der Waals surface area contributed by atoms with Crippen LogP contribution in [0.15, 0.2) is 42.5 Å². The van der Waals surface area contributed by atoms with Crippen LogP contribution in [0.25, 0.3) is 0 Å². The van der Waals surface area contributed by atoms with Gasteiger partial charge in [0.25, 0.3) is 0 Å². The zero-order valence-electron chi connectivity index (χ0n) is 11.5. The minimum Gasteiger partial charge on any atom is -0.496 e. The van der Waals surface area contributed by atoms with E-state index in [9.17, 15) is 0 Å². The lowest BCUT2D eigenvalue weighted by atomic mass is 9.98. The average Bonchev–Trinajstić information content (AvgIpc) is 2.46. The van der Waals surface area contributed by atoms with Gasteiger partial charge in [-0.1, -0.05) is 35.3 Å². The number of hydrogen-bond acceptors (Lipinski definition) is 2. The first kappa shape index (κ1) is 15.2. The summed E-state index contributed by atoms with van der Waals surface area (Å²) in [6.45, 7) is 0. The standard InChI is InChI=1S/C16H17Cl2NO/c1-19-15(11-3-5-13(17)6-4-11)10-12-9-14(18)7-8-16(12)20-2/h3-9,15,19H,10H2,1-2H3. The number of likely N-dealkylation sites (N-methyl/N-ethyl adjacent to an activating group) is 1. The first-order valence-corrected chi connectivity index (χ1v) is 7.14. The lowest BCUT2D eigenvalue weighted by Gasteiger charge is -2.18. The summed E-state index contributed by atoms with van der Waals surface area (Å²) < 4.78 is 5.39. The third-order valence-corrected chi connectivity index (χ3v) is 3.77. The summed E-state index contributed by atoms with van der Waals surface area (Å²) in [5.41, 5.74) is 2.26. The molecular formula is C16H17Cl2NO. The molecule has 2 aromatic carbocycles. The van der Waals surface area contributed by atoms with E-state index in [1.807, 2.05) is 49.5 Å². The number of methoxy groups -OCH3 is 1. The van der Waals surface area contributed by atoms with Crippen LogP contribution in [0.2, 0.25) is 10.0 Å². The predicted molar refractivity (Wildman–Crippen MR) is 85.0 cm³/mol. The van der Waals surface area contributed by atoms with Crippen molar-refractivity contribution in [1.82, 2.24) is 5.32 Å². The average molecular weight is 310 g/mol. The molecule has 0 radical (unpaired) electrons. The van der Waals surface area contributed by atoms with Crippen molar-refractivity contribution in [3.05, 3.63) is 63.6 Å². The SMILES string of the molecule is CNC(Cc1cc(Cl)ccc1OC)c1ccc(Cl)cc1. The molecule has 0 aromatic heterocycles. The van der Waals surface area contributed by atoms with Crippen LogP contribution >= 0.6 is 23.2 Å². The Balaban J connectivity index is 2.26. The minimum atomic E-state index is 0.180. The monoisotopic (exact) mass is 309 g/mol. The smallest absolute Gasteiger partial charge is 0.122 e. The van der Waals surface area contributed by atoms with Gasteiger partial charge in [0.1, 0.15) is 5.75 Å². The van der Waals surface area contributed by atoms with E-state index in [1.54, 1.807) is 7.11 Å². The van der Waals surface area contributed by atoms with Crippen molar-refractivity contribution in [2.24, 2.45) is 0 Å². The number of nitrogens with one attached hydrogen (secondary N) is 1. The predicted octanol–water partition coefficient (Wildman–Crippen LogP) is 4.51. The van der Waals surface area contributed by atoms with Crippen molar-refractivity contribution < 1.29 is 4.74 Å². The van der Waals surface area contributed by atoms with E-state index in [1.165, 1.54) is 5.56 Å². The summed E-state index contributed by atoms with van der Waals surface area (Å²) in [5, 5.41) is 4.77. The molecule has 0 fully saturated rings. The van der Waals surface area contributed by atoms with E-state index in [0.717, 1.165) is 22.8 Å². The highest BCUT2D eigenvalue weighted by Crippen LogP contribution is 2.28. The van der Waals surface area contributed by atoms with E-state index < -0.39 is 0 Å². The maximum atomic E-state index is 6.07. The Hall–Kier alpha value is -1.22. The third-order valence-electron chi connectivity index (χ3n) is 3.29. The second-order valence-corrected chi connectivity index (χ2v) is 5.43. The summed E-state index contributed by atoms with van der Waals surface area (Å²) in [4.78, 5) is 0. The molecule has 2 rings (SSSR count). The van der Waals surface area contributed by atoms with Crippen LogP contribution in [-0.4, -0.2) is 14.2 Å². The van der Waals surface area contributed by atoms with Crippen LogP contribution in [0.5, 0.6) is 5.75 Å². The van der Waals surface area contributed by atoms with E-state index in [-0.39, 0.29) is 6.04 Å². The molecule has 0 saturated carbocycles. The van der Waals surface area contributed by atoms with Crippen molar-refractivity contribution in [2.75, 3.05) is 14.2 Å². The van der Waals surface area contributed by atoms with Gasteiger partial charge in [0.15, 0.2) is 0 Å². The van der Waals surface area contributed by atoms with Crippen LogP contribution in [0.1, 0.15) is 17.2 Å². The highest BCUT2D eigenvalue weighted by atomic mass is 35.5. The van der Waals surface area contributed by atoms with Crippen LogP contribution in [0.3, 0.4) is 0 Å². The van der Waals surface area contributed by atoms with Crippen LogP contribution in [-0.2, 0) is 6.42 Å². The number of rotatable bonds is 5. The second-order valence-electron chi connectivity index (χ2n) is 4.55. The van der Waals surface area contributed by atoms with Gasteiger partial charge in [-0.2, -0.15) is 0 Å². The summed E-state index contributed by atoms with van der Waals surface area (Å²) in [6, 6.07) is 13.7. The summed E-state index contributed by atoms with van der Waals surface area (Å²) in [5.74, 6) is 0.851. The molecule has 0 aliphatic heterocycles. The molecule has 1 N–H and O–H groups in total. The Kier molecular flexibility index (Phi) is 5.30. The summed E-state index contributed by atoms with van der Waals surface area (Å²) in [7, 11) is 3.61. The Bertz CT molecular complexity index is 569. The normalized spacial score (nSPS) is 12.2. The third kappa shape index (κ3) is 3.66. The summed E-state index contributed by atoms with van der Waals surface area (Å²) >= 11 is 12.0. The molecule has 0 bridgehead atoms. The molecule has 2 aromatic rings. The Morgan fingerprint density at radius 2 is 1.70 bits per heavy atom. The quantitative estimate of drug-likeness (QED) is 0.877. The van der Waals surface area contributed by atoms with Gasteiger partial charge in [-0.15, -0.1) is 0 Å². The molecule has 4 heteroatoms. The van der Waals surface area contributed by atoms with Gasteiger partial charge < -0.3 is 10.1 Å². The van der Waals surface area contributed by atoms with Gasteiger partial charge >= 0.3 is 0 Å². The summed E-state index contributed by atoms with van der Waals surface area (Å²) in [6.07, 6.45) is 0.794. The largest absolute Gasteiger partial charge is 0.496 e. The van der Waals surface area contributed by atoms with Crippen molar-refractivity contribution >= 4 is 23.2 Å². The Morgan fingerprint density at radius 1 is 1.05 bits per heavy atom. The van der Waals surface area contributed by atoms with Crippen LogP contribution in [0, 0.1) is 0 Å². The van der Waals surface area contributed by atoms with E-state index in [0.29, 0.717) is 5.02 Å². The Morgan fingerprint density at radius 3 is 2.30 bits per heavy atom. The lowest BCUT2D eigenvalue weighted by Crippen LogP contribution is -2.19. The van der Waals surface area contributed by atoms with Crippen LogP contribution in [0.4, 0.5) is 0 Å². The zero-order chi connectivity index (χ0) is 14.5. The number of benzene rings is 2. The molecule has 20 heavy (non-hydrogen) atoms. The van der Waals surface area contributed by atoms with Crippen molar-refractivity contribution in [3.8, 4) is 5.75 Å². The Labute approximate surface area is 129 Å². The number of ether oxygens (including phenoxy) is 1. The van der Waals surface area contributed by atoms with Gasteiger partial charge in [-0.3, -0.25) is 0 Å². The molecule has 0 amide bonds. The first-order chi connectivity index (χ1) is 9.63. The molecule has 1 atom stereocenters.